The van der Waals surface area contributed by atoms with Crippen LogP contribution in [0.3, 0.4) is 0 Å². The van der Waals surface area contributed by atoms with Gasteiger partial charge in [-0.15, -0.1) is 0 Å². The molecule has 0 saturated heterocycles. The number of hydrogen-bond acceptors (Lipinski definition) is 5. The van der Waals surface area contributed by atoms with E-state index in [9.17, 15) is 4.79 Å². The van der Waals surface area contributed by atoms with Crippen molar-refractivity contribution >= 4 is 6.16 Å². The van der Waals surface area contributed by atoms with Crippen LogP contribution in [0.1, 0.15) is 39.5 Å². The van der Waals surface area contributed by atoms with Gasteiger partial charge in [-0.2, -0.15) is 0 Å². The van der Waals surface area contributed by atoms with Crippen LogP contribution in [0.4, 0.5) is 4.79 Å². The van der Waals surface area contributed by atoms with Crippen LogP contribution in [-0.4, -0.2) is 18.7 Å². The average Bonchev–Trinajstić information content (AvgIpc) is 2.30. The van der Waals surface area contributed by atoms with Gasteiger partial charge in [-0.1, -0.05) is 27.0 Å². The van der Waals surface area contributed by atoms with Gasteiger partial charge in [0.25, 0.3) is 0 Å². The zero-order valence-corrected chi connectivity index (χ0v) is 11.1. The maximum Gasteiger partial charge on any atom is 0.514 e. The van der Waals surface area contributed by atoms with E-state index in [1.807, 2.05) is 13.8 Å². The molecule has 0 aromatic heterocycles. The number of hydrogen-bond donors (Lipinski definition) is 0. The quantitative estimate of drug-likeness (QED) is 0.339. The average molecular weight is 258 g/mol. The lowest BCUT2D eigenvalue weighted by Gasteiger charge is -2.19. The maximum atomic E-state index is 11.5. The summed E-state index contributed by atoms with van der Waals surface area (Å²) in [5.74, 6) is 0. The fraction of sp³-hybridized carbons (Fsp3) is 0.615. The Morgan fingerprint density at radius 3 is 1.67 bits per heavy atom. The van der Waals surface area contributed by atoms with Crippen molar-refractivity contribution in [3.05, 3.63) is 25.7 Å². The molecule has 104 valence electrons. The number of carbonyl (C=O) groups is 1. The van der Waals surface area contributed by atoms with Gasteiger partial charge in [0, 0.05) is 12.8 Å². The van der Waals surface area contributed by atoms with E-state index in [4.69, 9.17) is 18.9 Å². The number of carbonyl (C=O) groups excluding carboxylic acids is 1. The van der Waals surface area contributed by atoms with E-state index in [1.54, 1.807) is 0 Å². The second-order valence-electron chi connectivity index (χ2n) is 3.53. The van der Waals surface area contributed by atoms with Crippen molar-refractivity contribution in [2.45, 2.75) is 52.1 Å². The summed E-state index contributed by atoms with van der Waals surface area (Å²) in [4.78, 5) is 11.5. The molecule has 0 aliphatic carbocycles. The predicted molar refractivity (Wildman–Crippen MR) is 67.5 cm³/mol. The molecule has 0 aromatic rings. The van der Waals surface area contributed by atoms with Crippen LogP contribution in [-0.2, 0) is 18.9 Å². The molecule has 2 atom stereocenters. The van der Waals surface area contributed by atoms with E-state index in [2.05, 4.69) is 13.2 Å². The smallest absolute Gasteiger partial charge is 0.463 e. The van der Waals surface area contributed by atoms with E-state index in [1.165, 1.54) is 12.5 Å². The highest BCUT2D eigenvalue weighted by atomic mass is 16.8. The molecule has 2 unspecified atom stereocenters. The summed E-state index contributed by atoms with van der Waals surface area (Å²) in [6.45, 7) is 10.7. The maximum absolute atomic E-state index is 11.5. The molecule has 0 heterocycles. The van der Waals surface area contributed by atoms with Crippen LogP contribution in [0.25, 0.3) is 0 Å². The van der Waals surface area contributed by atoms with E-state index in [0.29, 0.717) is 12.8 Å². The SMILES string of the molecule is C=COC(CCC)OC(=O)OC(CCC)OC=C. The molecule has 18 heavy (non-hydrogen) atoms. The molecule has 0 aliphatic rings. The molecule has 5 heteroatoms. The monoisotopic (exact) mass is 258 g/mol. The second kappa shape index (κ2) is 10.5. The number of rotatable bonds is 10. The second-order valence-corrected chi connectivity index (χ2v) is 3.53. The number of ether oxygens (including phenoxy) is 4. The Morgan fingerprint density at radius 1 is 1.00 bits per heavy atom. The Hall–Kier alpha value is -1.65. The minimum atomic E-state index is -0.824. The van der Waals surface area contributed by atoms with Gasteiger partial charge in [0.15, 0.2) is 0 Å². The van der Waals surface area contributed by atoms with Gasteiger partial charge < -0.3 is 18.9 Å². The third-order valence-electron chi connectivity index (χ3n) is 2.00. The third-order valence-corrected chi connectivity index (χ3v) is 2.00. The molecule has 0 rings (SSSR count). The Balaban J connectivity index is 4.17. The molecule has 0 spiro atoms. The highest BCUT2D eigenvalue weighted by molar-refractivity contribution is 5.60. The molecule has 0 radical (unpaired) electrons. The molecular formula is C13H22O5. The summed E-state index contributed by atoms with van der Waals surface area (Å²) in [5.41, 5.74) is 0. The topological polar surface area (TPSA) is 54.0 Å². The first kappa shape index (κ1) is 16.4. The Kier molecular flexibility index (Phi) is 9.54. The molecule has 0 N–H and O–H groups in total. The van der Waals surface area contributed by atoms with Gasteiger partial charge in [-0.25, -0.2) is 4.79 Å². The molecule has 0 amide bonds. The summed E-state index contributed by atoms with van der Waals surface area (Å²) < 4.78 is 20.0. The highest BCUT2D eigenvalue weighted by Gasteiger charge is 2.19. The summed E-state index contributed by atoms with van der Waals surface area (Å²) in [6, 6.07) is 0. The first-order valence-corrected chi connectivity index (χ1v) is 6.07. The van der Waals surface area contributed by atoms with Gasteiger partial charge in [0.2, 0.25) is 12.6 Å². The Labute approximate surface area is 108 Å². The summed E-state index contributed by atoms with van der Waals surface area (Å²) in [6.07, 6.45) is 3.06. The van der Waals surface area contributed by atoms with Gasteiger partial charge in [0.05, 0.1) is 12.5 Å². The van der Waals surface area contributed by atoms with Crippen LogP contribution < -0.4 is 0 Å². The summed E-state index contributed by atoms with van der Waals surface area (Å²) in [5, 5.41) is 0. The minimum absolute atomic E-state index is 0.571. The van der Waals surface area contributed by atoms with Crippen molar-refractivity contribution in [1.29, 1.82) is 0 Å². The fourth-order valence-electron chi connectivity index (χ4n) is 1.24. The Bertz CT molecular complexity index is 228. The van der Waals surface area contributed by atoms with Crippen molar-refractivity contribution < 1.29 is 23.7 Å². The van der Waals surface area contributed by atoms with Gasteiger partial charge in [-0.05, 0) is 12.8 Å². The summed E-state index contributed by atoms with van der Waals surface area (Å²) >= 11 is 0. The largest absolute Gasteiger partial charge is 0.514 e. The predicted octanol–water partition coefficient (Wildman–Crippen LogP) is 3.71. The lowest BCUT2D eigenvalue weighted by molar-refractivity contribution is -0.134. The van der Waals surface area contributed by atoms with Crippen molar-refractivity contribution in [2.24, 2.45) is 0 Å². The molecule has 5 nitrogen and oxygen atoms in total. The van der Waals surface area contributed by atoms with Crippen molar-refractivity contribution in [1.82, 2.24) is 0 Å². The normalized spacial score (nSPS) is 13.0. The van der Waals surface area contributed by atoms with Crippen LogP contribution in [0.5, 0.6) is 0 Å². The standard InChI is InChI=1S/C13H22O5/c1-5-9-11(15-7-3)17-13(14)18-12(10-6-2)16-8-4/h7-8,11-12H,3-6,9-10H2,1-2H3. The molecule has 0 aromatic carbocycles. The lowest BCUT2D eigenvalue weighted by Crippen LogP contribution is -2.25. The van der Waals surface area contributed by atoms with Gasteiger partial charge in [-0.3, -0.25) is 0 Å². The first-order valence-electron chi connectivity index (χ1n) is 6.07. The van der Waals surface area contributed by atoms with E-state index < -0.39 is 18.7 Å². The van der Waals surface area contributed by atoms with Crippen LogP contribution in [0, 0.1) is 0 Å². The lowest BCUT2D eigenvalue weighted by atomic mass is 10.3. The van der Waals surface area contributed by atoms with Crippen LogP contribution >= 0.6 is 0 Å². The van der Waals surface area contributed by atoms with E-state index in [-0.39, 0.29) is 0 Å². The molecular weight excluding hydrogens is 236 g/mol. The van der Waals surface area contributed by atoms with Crippen LogP contribution in [0.2, 0.25) is 0 Å². The Morgan fingerprint density at radius 2 is 1.39 bits per heavy atom. The van der Waals surface area contributed by atoms with E-state index in [0.717, 1.165) is 12.8 Å². The molecule has 0 saturated carbocycles. The summed E-state index contributed by atoms with van der Waals surface area (Å²) in [7, 11) is 0. The first-order chi connectivity index (χ1) is 8.67. The minimum Gasteiger partial charge on any atom is -0.463 e. The van der Waals surface area contributed by atoms with Crippen molar-refractivity contribution in [3.8, 4) is 0 Å². The van der Waals surface area contributed by atoms with Crippen molar-refractivity contribution in [2.75, 3.05) is 0 Å². The molecule has 0 aliphatic heterocycles. The highest BCUT2D eigenvalue weighted by Crippen LogP contribution is 2.10. The van der Waals surface area contributed by atoms with E-state index >= 15 is 0 Å². The molecule has 0 bridgehead atoms. The zero-order chi connectivity index (χ0) is 13.8. The van der Waals surface area contributed by atoms with Gasteiger partial charge in [0.1, 0.15) is 0 Å². The van der Waals surface area contributed by atoms with Crippen molar-refractivity contribution in [3.63, 3.8) is 0 Å². The fourth-order valence-corrected chi connectivity index (χ4v) is 1.24. The third kappa shape index (κ3) is 7.60. The van der Waals surface area contributed by atoms with Crippen LogP contribution in [0.15, 0.2) is 25.7 Å². The molecule has 0 fully saturated rings. The zero-order valence-electron chi connectivity index (χ0n) is 11.1. The van der Waals surface area contributed by atoms with Gasteiger partial charge >= 0.3 is 6.16 Å².